The first-order chi connectivity index (χ1) is 10.9. The molecule has 0 unspecified atom stereocenters. The topological polar surface area (TPSA) is 19.4 Å². The fourth-order valence-electron chi connectivity index (χ4n) is 4.15. The maximum absolute atomic E-state index is 4.67. The predicted molar refractivity (Wildman–Crippen MR) is 93.3 cm³/mol. The van der Waals surface area contributed by atoms with Crippen molar-refractivity contribution in [3.63, 3.8) is 0 Å². The molecule has 3 heteroatoms. The van der Waals surface area contributed by atoms with Crippen molar-refractivity contribution in [2.75, 3.05) is 31.1 Å². The van der Waals surface area contributed by atoms with Crippen LogP contribution in [-0.4, -0.2) is 42.1 Å². The van der Waals surface area contributed by atoms with Gasteiger partial charge in [-0.3, -0.25) is 0 Å². The van der Waals surface area contributed by atoms with Gasteiger partial charge in [-0.15, -0.1) is 0 Å². The second-order valence-electron chi connectivity index (χ2n) is 7.01. The molecule has 122 valence electrons. The summed E-state index contributed by atoms with van der Waals surface area (Å²) >= 11 is 0. The SMILES string of the molecule is CCN1CCC(N(CC2CCCCC2)c2ccccn2)CC1. The van der Waals surface area contributed by atoms with E-state index in [0.29, 0.717) is 6.04 Å². The fraction of sp³-hybridized carbons (Fsp3) is 0.737. The summed E-state index contributed by atoms with van der Waals surface area (Å²) in [6.45, 7) is 7.18. The molecule has 2 fully saturated rings. The molecular formula is C19H31N3. The molecule has 3 nitrogen and oxygen atoms in total. The van der Waals surface area contributed by atoms with Gasteiger partial charge in [0.05, 0.1) is 0 Å². The standard InChI is InChI=1S/C19H31N3/c1-2-21-14-11-18(12-15-21)22(19-10-6-7-13-20-19)16-17-8-4-3-5-9-17/h6-7,10,13,17-18H,2-5,8-9,11-12,14-16H2,1H3. The van der Waals surface area contributed by atoms with Crippen LogP contribution in [0.1, 0.15) is 51.9 Å². The normalized spacial score (nSPS) is 21.9. The van der Waals surface area contributed by atoms with Crippen LogP contribution < -0.4 is 4.90 Å². The third-order valence-corrected chi connectivity index (χ3v) is 5.57. The maximum atomic E-state index is 4.67. The maximum Gasteiger partial charge on any atom is 0.128 e. The van der Waals surface area contributed by atoms with Crippen molar-refractivity contribution < 1.29 is 0 Å². The van der Waals surface area contributed by atoms with E-state index in [1.54, 1.807) is 0 Å². The van der Waals surface area contributed by atoms with Crippen molar-refractivity contribution in [1.29, 1.82) is 0 Å². The highest BCUT2D eigenvalue weighted by Gasteiger charge is 2.27. The van der Waals surface area contributed by atoms with Crippen LogP contribution in [-0.2, 0) is 0 Å². The summed E-state index contributed by atoms with van der Waals surface area (Å²) in [7, 11) is 0. The lowest BCUT2D eigenvalue weighted by atomic mass is 9.88. The molecule has 2 aliphatic rings. The molecular weight excluding hydrogens is 270 g/mol. The van der Waals surface area contributed by atoms with Crippen molar-refractivity contribution in [3.8, 4) is 0 Å². The zero-order valence-electron chi connectivity index (χ0n) is 14.1. The molecule has 0 amide bonds. The second-order valence-corrected chi connectivity index (χ2v) is 7.01. The number of aromatic nitrogens is 1. The molecule has 0 bridgehead atoms. The van der Waals surface area contributed by atoms with E-state index in [1.807, 2.05) is 12.3 Å². The third kappa shape index (κ3) is 4.01. The highest BCUT2D eigenvalue weighted by atomic mass is 15.2. The molecule has 1 saturated carbocycles. The van der Waals surface area contributed by atoms with E-state index in [1.165, 1.54) is 76.9 Å². The highest BCUT2D eigenvalue weighted by Crippen LogP contribution is 2.29. The van der Waals surface area contributed by atoms with Gasteiger partial charge >= 0.3 is 0 Å². The summed E-state index contributed by atoms with van der Waals surface area (Å²) in [6.07, 6.45) is 11.6. The number of hydrogen-bond acceptors (Lipinski definition) is 3. The van der Waals surface area contributed by atoms with Crippen LogP contribution in [0.25, 0.3) is 0 Å². The Bertz CT molecular complexity index is 420. The Morgan fingerprint density at radius 2 is 1.86 bits per heavy atom. The molecule has 22 heavy (non-hydrogen) atoms. The molecule has 0 atom stereocenters. The lowest BCUT2D eigenvalue weighted by Crippen LogP contribution is -2.47. The van der Waals surface area contributed by atoms with Crippen LogP contribution in [0.15, 0.2) is 24.4 Å². The van der Waals surface area contributed by atoms with E-state index in [9.17, 15) is 0 Å². The second kappa shape index (κ2) is 7.96. The average Bonchev–Trinajstić information content (AvgIpc) is 2.61. The Hall–Kier alpha value is -1.09. The monoisotopic (exact) mass is 301 g/mol. The van der Waals surface area contributed by atoms with Crippen LogP contribution in [0.2, 0.25) is 0 Å². The van der Waals surface area contributed by atoms with Crippen LogP contribution in [0.5, 0.6) is 0 Å². The smallest absolute Gasteiger partial charge is 0.128 e. The molecule has 0 N–H and O–H groups in total. The third-order valence-electron chi connectivity index (χ3n) is 5.57. The molecule has 1 aliphatic heterocycles. The lowest BCUT2D eigenvalue weighted by molar-refractivity contribution is 0.213. The number of piperidine rings is 1. The van der Waals surface area contributed by atoms with E-state index >= 15 is 0 Å². The van der Waals surface area contributed by atoms with E-state index in [4.69, 9.17) is 0 Å². The van der Waals surface area contributed by atoms with Gasteiger partial charge in [-0.1, -0.05) is 32.3 Å². The van der Waals surface area contributed by atoms with E-state index in [0.717, 1.165) is 5.92 Å². The lowest BCUT2D eigenvalue weighted by Gasteiger charge is -2.41. The minimum atomic E-state index is 0.680. The molecule has 2 heterocycles. The van der Waals surface area contributed by atoms with Crippen LogP contribution in [0, 0.1) is 5.92 Å². The molecule has 1 saturated heterocycles. The first-order valence-electron chi connectivity index (χ1n) is 9.27. The molecule has 0 aromatic carbocycles. The first-order valence-corrected chi connectivity index (χ1v) is 9.27. The van der Waals surface area contributed by atoms with Crippen LogP contribution in [0.4, 0.5) is 5.82 Å². The zero-order valence-corrected chi connectivity index (χ0v) is 14.1. The van der Waals surface area contributed by atoms with E-state index < -0.39 is 0 Å². The summed E-state index contributed by atoms with van der Waals surface area (Å²) in [5.41, 5.74) is 0. The summed E-state index contributed by atoms with van der Waals surface area (Å²) in [6, 6.07) is 7.05. The molecule has 3 rings (SSSR count). The van der Waals surface area contributed by atoms with Crippen molar-refractivity contribution in [2.24, 2.45) is 5.92 Å². The Labute approximate surface area is 135 Å². The fourth-order valence-corrected chi connectivity index (χ4v) is 4.15. The minimum absolute atomic E-state index is 0.680. The number of likely N-dealkylation sites (tertiary alicyclic amines) is 1. The number of rotatable bonds is 5. The molecule has 0 radical (unpaired) electrons. The molecule has 1 aromatic rings. The Morgan fingerprint density at radius 1 is 1.09 bits per heavy atom. The van der Waals surface area contributed by atoms with Crippen LogP contribution in [0.3, 0.4) is 0 Å². The van der Waals surface area contributed by atoms with Crippen molar-refractivity contribution in [2.45, 2.75) is 57.9 Å². The van der Waals surface area contributed by atoms with Gasteiger partial charge in [-0.2, -0.15) is 0 Å². The Morgan fingerprint density at radius 3 is 2.50 bits per heavy atom. The quantitative estimate of drug-likeness (QED) is 0.821. The van der Waals surface area contributed by atoms with E-state index in [-0.39, 0.29) is 0 Å². The largest absolute Gasteiger partial charge is 0.353 e. The zero-order chi connectivity index (χ0) is 15.2. The van der Waals surface area contributed by atoms with Gasteiger partial charge in [0.15, 0.2) is 0 Å². The van der Waals surface area contributed by atoms with Gasteiger partial charge in [0.2, 0.25) is 0 Å². The summed E-state index contributed by atoms with van der Waals surface area (Å²) in [5, 5.41) is 0. The minimum Gasteiger partial charge on any atom is -0.353 e. The average molecular weight is 301 g/mol. The van der Waals surface area contributed by atoms with Crippen LogP contribution >= 0.6 is 0 Å². The number of pyridine rings is 1. The van der Waals surface area contributed by atoms with Gasteiger partial charge in [0.1, 0.15) is 5.82 Å². The first kappa shape index (κ1) is 15.8. The summed E-state index contributed by atoms with van der Waals surface area (Å²) in [4.78, 5) is 9.89. The molecule has 1 aliphatic carbocycles. The summed E-state index contributed by atoms with van der Waals surface area (Å²) < 4.78 is 0. The Balaban J connectivity index is 1.68. The van der Waals surface area contributed by atoms with Gasteiger partial charge < -0.3 is 9.80 Å². The summed E-state index contributed by atoms with van der Waals surface area (Å²) in [5.74, 6) is 2.07. The van der Waals surface area contributed by atoms with Gasteiger partial charge in [0.25, 0.3) is 0 Å². The van der Waals surface area contributed by atoms with Gasteiger partial charge in [0, 0.05) is 31.9 Å². The number of hydrogen-bond donors (Lipinski definition) is 0. The van der Waals surface area contributed by atoms with Gasteiger partial charge in [-0.05, 0) is 50.3 Å². The van der Waals surface area contributed by atoms with E-state index in [2.05, 4.69) is 33.8 Å². The number of nitrogens with zero attached hydrogens (tertiary/aromatic N) is 3. The predicted octanol–water partition coefficient (Wildman–Crippen LogP) is 3.95. The van der Waals surface area contributed by atoms with Crippen molar-refractivity contribution >= 4 is 5.82 Å². The van der Waals surface area contributed by atoms with Crippen molar-refractivity contribution in [3.05, 3.63) is 24.4 Å². The number of anilines is 1. The van der Waals surface area contributed by atoms with Crippen molar-refractivity contribution in [1.82, 2.24) is 9.88 Å². The Kier molecular flexibility index (Phi) is 5.71. The molecule has 1 aromatic heterocycles. The van der Waals surface area contributed by atoms with Gasteiger partial charge in [-0.25, -0.2) is 4.98 Å². The highest BCUT2D eigenvalue weighted by molar-refractivity contribution is 5.39. The molecule has 0 spiro atoms.